The van der Waals surface area contributed by atoms with E-state index in [9.17, 15) is 14.9 Å². The summed E-state index contributed by atoms with van der Waals surface area (Å²) in [5, 5.41) is 18.7. The van der Waals surface area contributed by atoms with Crippen molar-refractivity contribution in [1.29, 1.82) is 0 Å². The smallest absolute Gasteiger partial charge is 0.350 e. The summed E-state index contributed by atoms with van der Waals surface area (Å²) in [4.78, 5) is 23.8. The molecule has 15 heavy (non-hydrogen) atoms. The molecular formula is C7H5ClN2O5. The van der Waals surface area contributed by atoms with Crippen molar-refractivity contribution in [2.24, 2.45) is 0 Å². The van der Waals surface area contributed by atoms with Crippen molar-refractivity contribution in [3.63, 3.8) is 0 Å². The highest BCUT2D eigenvalue weighted by atomic mass is 35.5. The van der Waals surface area contributed by atoms with E-state index in [1.807, 2.05) is 0 Å². The molecule has 0 radical (unpaired) electrons. The van der Waals surface area contributed by atoms with Crippen LogP contribution in [-0.4, -0.2) is 28.1 Å². The van der Waals surface area contributed by atoms with Gasteiger partial charge in [0.1, 0.15) is 10.6 Å². The zero-order chi connectivity index (χ0) is 11.6. The molecule has 7 nitrogen and oxygen atoms in total. The maximum Gasteiger partial charge on any atom is 0.350 e. The first-order valence-electron chi connectivity index (χ1n) is 3.59. The number of nitrogens with zero attached hydrogens (tertiary/aromatic N) is 2. The average Bonchev–Trinajstić information content (AvgIpc) is 2.15. The van der Waals surface area contributed by atoms with Crippen LogP contribution in [0.2, 0.25) is 5.02 Å². The molecule has 0 aromatic carbocycles. The number of halogens is 1. The molecule has 0 aliphatic rings. The van der Waals surface area contributed by atoms with Gasteiger partial charge >= 0.3 is 11.7 Å². The number of ether oxygens (including phenoxy) is 1. The SMILES string of the molecule is COc1ncc(C(=O)O)c(Cl)c1[N+](=O)[O-]. The summed E-state index contributed by atoms with van der Waals surface area (Å²) in [5.41, 5.74) is -1.09. The normalized spacial score (nSPS) is 9.73. The number of methoxy groups -OCH3 is 1. The molecule has 8 heteroatoms. The molecular weight excluding hydrogens is 228 g/mol. The predicted molar refractivity (Wildman–Crippen MR) is 49.4 cm³/mol. The van der Waals surface area contributed by atoms with Crippen LogP contribution in [0.25, 0.3) is 0 Å². The fourth-order valence-corrected chi connectivity index (χ4v) is 1.20. The average molecular weight is 233 g/mol. The minimum Gasteiger partial charge on any atom is -0.478 e. The van der Waals surface area contributed by atoms with Crippen LogP contribution >= 0.6 is 11.6 Å². The molecule has 0 unspecified atom stereocenters. The summed E-state index contributed by atoms with van der Waals surface area (Å²) >= 11 is 5.54. The number of aromatic carboxylic acids is 1. The Labute approximate surface area is 88.4 Å². The van der Waals surface area contributed by atoms with Crippen LogP contribution in [0.15, 0.2) is 6.20 Å². The van der Waals surface area contributed by atoms with Crippen molar-refractivity contribution in [3.8, 4) is 5.88 Å². The number of aromatic nitrogens is 1. The summed E-state index contributed by atoms with van der Waals surface area (Å²) in [5.74, 6) is -1.71. The Morgan fingerprint density at radius 3 is 2.73 bits per heavy atom. The first-order valence-corrected chi connectivity index (χ1v) is 3.97. The molecule has 0 aliphatic carbocycles. The third-order valence-corrected chi connectivity index (χ3v) is 1.95. The summed E-state index contributed by atoms with van der Waals surface area (Å²) in [6.45, 7) is 0. The van der Waals surface area contributed by atoms with Crippen LogP contribution in [0.5, 0.6) is 5.88 Å². The van der Waals surface area contributed by atoms with Gasteiger partial charge in [0.2, 0.25) is 0 Å². The van der Waals surface area contributed by atoms with Crippen LogP contribution in [0.1, 0.15) is 10.4 Å². The predicted octanol–water partition coefficient (Wildman–Crippen LogP) is 1.35. The van der Waals surface area contributed by atoms with Gasteiger partial charge in [-0.3, -0.25) is 10.1 Å². The minimum absolute atomic E-state index is 0.324. The lowest BCUT2D eigenvalue weighted by Gasteiger charge is -2.03. The monoisotopic (exact) mass is 232 g/mol. The van der Waals surface area contributed by atoms with E-state index in [1.54, 1.807) is 0 Å². The minimum atomic E-state index is -1.39. The van der Waals surface area contributed by atoms with Gasteiger partial charge in [0.25, 0.3) is 5.88 Å². The van der Waals surface area contributed by atoms with Crippen LogP contribution in [0, 0.1) is 10.1 Å². The molecule has 0 saturated carbocycles. The molecule has 0 saturated heterocycles. The van der Waals surface area contributed by atoms with Gasteiger partial charge in [-0.15, -0.1) is 0 Å². The molecule has 1 rings (SSSR count). The summed E-state index contributed by atoms with van der Waals surface area (Å²) in [6, 6.07) is 0. The van der Waals surface area contributed by atoms with Gasteiger partial charge < -0.3 is 9.84 Å². The third kappa shape index (κ3) is 1.96. The summed E-state index contributed by atoms with van der Waals surface area (Å²) in [6.07, 6.45) is 0.899. The number of rotatable bonds is 3. The molecule has 0 bridgehead atoms. The quantitative estimate of drug-likeness (QED) is 0.623. The number of nitro groups is 1. The van der Waals surface area contributed by atoms with E-state index in [0.717, 1.165) is 6.20 Å². The largest absolute Gasteiger partial charge is 0.478 e. The lowest BCUT2D eigenvalue weighted by molar-refractivity contribution is -0.386. The van der Waals surface area contributed by atoms with Crippen LogP contribution in [0.4, 0.5) is 5.69 Å². The zero-order valence-corrected chi connectivity index (χ0v) is 8.19. The second kappa shape index (κ2) is 4.09. The highest BCUT2D eigenvalue weighted by Gasteiger charge is 2.26. The molecule has 0 spiro atoms. The second-order valence-corrected chi connectivity index (χ2v) is 2.78. The third-order valence-electron chi connectivity index (χ3n) is 1.56. The highest BCUT2D eigenvalue weighted by molar-refractivity contribution is 6.35. The number of carboxylic acids is 1. The van der Waals surface area contributed by atoms with E-state index in [4.69, 9.17) is 16.7 Å². The number of pyridine rings is 1. The van der Waals surface area contributed by atoms with Crippen molar-refractivity contribution >= 4 is 23.3 Å². The van der Waals surface area contributed by atoms with Crippen molar-refractivity contribution in [2.75, 3.05) is 7.11 Å². The van der Waals surface area contributed by atoms with Gasteiger partial charge in [0.05, 0.1) is 12.0 Å². The Morgan fingerprint density at radius 1 is 1.73 bits per heavy atom. The standard InChI is InChI=1S/C7H5ClN2O5/c1-15-6-5(10(13)14)4(8)3(2-9-6)7(11)12/h2H,1H3,(H,11,12). The van der Waals surface area contributed by atoms with Gasteiger partial charge in [-0.05, 0) is 0 Å². The Kier molecular flexibility index (Phi) is 3.05. The first kappa shape index (κ1) is 11.2. The van der Waals surface area contributed by atoms with Crippen molar-refractivity contribution in [2.45, 2.75) is 0 Å². The second-order valence-electron chi connectivity index (χ2n) is 2.41. The van der Waals surface area contributed by atoms with E-state index in [1.165, 1.54) is 7.11 Å². The van der Waals surface area contributed by atoms with Crippen LogP contribution < -0.4 is 4.74 Å². The van der Waals surface area contributed by atoms with Gasteiger partial charge in [0, 0.05) is 6.20 Å². The maximum atomic E-state index is 10.6. The maximum absolute atomic E-state index is 10.6. The molecule has 1 aromatic rings. The lowest BCUT2D eigenvalue weighted by atomic mass is 10.2. The Balaban J connectivity index is 3.49. The van der Waals surface area contributed by atoms with E-state index in [2.05, 4.69) is 9.72 Å². The number of hydrogen-bond donors (Lipinski definition) is 1. The molecule has 0 fully saturated rings. The lowest BCUT2D eigenvalue weighted by Crippen LogP contribution is -2.04. The van der Waals surface area contributed by atoms with E-state index >= 15 is 0 Å². The summed E-state index contributed by atoms with van der Waals surface area (Å²) in [7, 11) is 1.17. The fourth-order valence-electron chi connectivity index (χ4n) is 0.919. The molecule has 0 aliphatic heterocycles. The molecule has 1 N–H and O–H groups in total. The van der Waals surface area contributed by atoms with Crippen LogP contribution in [-0.2, 0) is 0 Å². The molecule has 1 heterocycles. The molecule has 0 atom stereocenters. The number of carboxylic acid groups (broad SMARTS) is 1. The van der Waals surface area contributed by atoms with Gasteiger partial charge in [-0.1, -0.05) is 11.6 Å². The van der Waals surface area contributed by atoms with Crippen molar-refractivity contribution in [1.82, 2.24) is 4.98 Å². The van der Waals surface area contributed by atoms with Gasteiger partial charge in [0.15, 0.2) is 0 Å². The number of hydrogen-bond acceptors (Lipinski definition) is 5. The topological polar surface area (TPSA) is 103 Å². The Morgan fingerprint density at radius 2 is 2.33 bits per heavy atom. The molecule has 0 amide bonds. The van der Waals surface area contributed by atoms with Gasteiger partial charge in [-0.25, -0.2) is 9.78 Å². The van der Waals surface area contributed by atoms with E-state index in [0.29, 0.717) is 0 Å². The van der Waals surface area contributed by atoms with Crippen molar-refractivity contribution in [3.05, 3.63) is 26.9 Å². The first-order chi connectivity index (χ1) is 6.99. The zero-order valence-electron chi connectivity index (χ0n) is 7.43. The fraction of sp³-hybridized carbons (Fsp3) is 0.143. The Hall–Kier alpha value is -1.89. The van der Waals surface area contributed by atoms with Gasteiger partial charge in [-0.2, -0.15) is 0 Å². The van der Waals surface area contributed by atoms with E-state index < -0.39 is 27.2 Å². The number of carbonyl (C=O) groups is 1. The summed E-state index contributed by atoms with van der Waals surface area (Å²) < 4.78 is 4.59. The molecule has 80 valence electrons. The molecule has 1 aromatic heterocycles. The van der Waals surface area contributed by atoms with E-state index in [-0.39, 0.29) is 5.88 Å². The Bertz CT molecular complexity index is 434. The van der Waals surface area contributed by atoms with Crippen LogP contribution in [0.3, 0.4) is 0 Å². The van der Waals surface area contributed by atoms with Crippen molar-refractivity contribution < 1.29 is 19.6 Å². The highest BCUT2D eigenvalue weighted by Crippen LogP contribution is 2.34.